The van der Waals surface area contributed by atoms with Crippen molar-refractivity contribution in [3.8, 4) is 0 Å². The number of nitrogens with zero attached hydrogens (tertiary/aromatic N) is 3. The van der Waals surface area contributed by atoms with Crippen LogP contribution in [0, 0.1) is 0 Å². The maximum absolute atomic E-state index is 5.10. The molecule has 0 saturated carbocycles. The standard InChI is InChI=1S/C11H20BrN3O/c1-14-10-11(9-13-14)3-5-15(6-4-12)7-8-16-2/h9-10H,3-8H2,1-2H3. The van der Waals surface area contributed by atoms with Crippen molar-refractivity contribution in [2.24, 2.45) is 7.05 Å². The van der Waals surface area contributed by atoms with Gasteiger partial charge in [0.05, 0.1) is 12.8 Å². The van der Waals surface area contributed by atoms with Crippen LogP contribution in [0.1, 0.15) is 5.56 Å². The first kappa shape index (κ1) is 13.7. The van der Waals surface area contributed by atoms with Crippen LogP contribution in [0.4, 0.5) is 0 Å². The normalized spacial score (nSPS) is 11.2. The molecule has 0 fully saturated rings. The monoisotopic (exact) mass is 289 g/mol. The van der Waals surface area contributed by atoms with Gasteiger partial charge in [0.2, 0.25) is 0 Å². The summed E-state index contributed by atoms with van der Waals surface area (Å²) in [6.07, 6.45) is 5.05. The van der Waals surface area contributed by atoms with E-state index in [9.17, 15) is 0 Å². The Morgan fingerprint density at radius 1 is 1.44 bits per heavy atom. The molecule has 0 amide bonds. The summed E-state index contributed by atoms with van der Waals surface area (Å²) in [4.78, 5) is 2.39. The number of alkyl halides is 1. The number of hydrogen-bond donors (Lipinski definition) is 0. The van der Waals surface area contributed by atoms with Crippen LogP contribution in [0.2, 0.25) is 0 Å². The third-order valence-corrected chi connectivity index (χ3v) is 2.84. The van der Waals surface area contributed by atoms with Gasteiger partial charge in [0.15, 0.2) is 0 Å². The van der Waals surface area contributed by atoms with E-state index in [2.05, 4.69) is 32.1 Å². The Morgan fingerprint density at radius 3 is 2.81 bits per heavy atom. The summed E-state index contributed by atoms with van der Waals surface area (Å²) < 4.78 is 6.95. The van der Waals surface area contributed by atoms with E-state index in [1.165, 1.54) is 5.56 Å². The van der Waals surface area contributed by atoms with Crippen LogP contribution < -0.4 is 0 Å². The van der Waals surface area contributed by atoms with Crippen LogP contribution in [0.25, 0.3) is 0 Å². The molecule has 0 radical (unpaired) electrons. The van der Waals surface area contributed by atoms with E-state index in [1.54, 1.807) is 7.11 Å². The number of methoxy groups -OCH3 is 1. The molecule has 1 aromatic heterocycles. The second-order valence-corrected chi connectivity index (χ2v) is 4.59. The Bertz CT molecular complexity index is 291. The van der Waals surface area contributed by atoms with Gasteiger partial charge in [-0.2, -0.15) is 5.10 Å². The number of aromatic nitrogens is 2. The van der Waals surface area contributed by atoms with Crippen molar-refractivity contribution in [1.82, 2.24) is 14.7 Å². The molecule has 0 bridgehead atoms. The molecule has 5 heteroatoms. The molecule has 4 nitrogen and oxygen atoms in total. The fourth-order valence-corrected chi connectivity index (χ4v) is 2.07. The van der Waals surface area contributed by atoms with Gasteiger partial charge in [-0.15, -0.1) is 0 Å². The minimum Gasteiger partial charge on any atom is -0.383 e. The molecule has 92 valence electrons. The first-order valence-electron chi connectivity index (χ1n) is 5.51. The third-order valence-electron chi connectivity index (χ3n) is 2.49. The van der Waals surface area contributed by atoms with E-state index >= 15 is 0 Å². The number of ether oxygens (including phenoxy) is 1. The second-order valence-electron chi connectivity index (χ2n) is 3.80. The van der Waals surface area contributed by atoms with Gasteiger partial charge in [-0.3, -0.25) is 9.58 Å². The average Bonchev–Trinajstić information content (AvgIpc) is 2.68. The molecule has 0 spiro atoms. The lowest BCUT2D eigenvalue weighted by molar-refractivity contribution is 0.152. The predicted octanol–water partition coefficient (Wildman–Crippen LogP) is 1.31. The van der Waals surface area contributed by atoms with Gasteiger partial charge >= 0.3 is 0 Å². The Balaban J connectivity index is 2.30. The molecule has 0 aromatic carbocycles. The summed E-state index contributed by atoms with van der Waals surface area (Å²) in [5.41, 5.74) is 1.29. The first-order valence-corrected chi connectivity index (χ1v) is 6.63. The summed E-state index contributed by atoms with van der Waals surface area (Å²) in [5, 5.41) is 5.17. The number of halogens is 1. The quantitative estimate of drug-likeness (QED) is 0.676. The molecule has 0 unspecified atom stereocenters. The van der Waals surface area contributed by atoms with Crippen LogP contribution in [0.5, 0.6) is 0 Å². The zero-order valence-corrected chi connectivity index (χ0v) is 11.6. The summed E-state index contributed by atoms with van der Waals surface area (Å²) in [6, 6.07) is 0. The smallest absolute Gasteiger partial charge is 0.0589 e. The van der Waals surface area contributed by atoms with Gasteiger partial charge in [0.25, 0.3) is 0 Å². The van der Waals surface area contributed by atoms with Crippen molar-refractivity contribution >= 4 is 15.9 Å². The van der Waals surface area contributed by atoms with E-state index in [-0.39, 0.29) is 0 Å². The molecule has 0 aliphatic carbocycles. The van der Waals surface area contributed by atoms with E-state index in [0.717, 1.165) is 38.0 Å². The van der Waals surface area contributed by atoms with Crippen molar-refractivity contribution in [2.75, 3.05) is 38.7 Å². The molecular formula is C11H20BrN3O. The zero-order chi connectivity index (χ0) is 11.8. The molecule has 0 atom stereocenters. The Kier molecular flexibility index (Phi) is 6.68. The van der Waals surface area contributed by atoms with Crippen molar-refractivity contribution in [3.05, 3.63) is 18.0 Å². The third kappa shape index (κ3) is 5.09. The van der Waals surface area contributed by atoms with Crippen molar-refractivity contribution in [1.29, 1.82) is 0 Å². The Morgan fingerprint density at radius 2 is 2.25 bits per heavy atom. The van der Waals surface area contributed by atoms with Crippen LogP contribution >= 0.6 is 15.9 Å². The van der Waals surface area contributed by atoms with Crippen LogP contribution in [-0.2, 0) is 18.2 Å². The SMILES string of the molecule is COCCN(CCBr)CCc1cnn(C)c1. The molecule has 1 rings (SSSR count). The molecule has 0 aliphatic rings. The van der Waals surface area contributed by atoms with E-state index in [4.69, 9.17) is 4.74 Å². The number of rotatable bonds is 8. The van der Waals surface area contributed by atoms with Crippen molar-refractivity contribution in [2.45, 2.75) is 6.42 Å². The summed E-state index contributed by atoms with van der Waals surface area (Å²) in [6.45, 7) is 3.90. The largest absolute Gasteiger partial charge is 0.383 e. The summed E-state index contributed by atoms with van der Waals surface area (Å²) >= 11 is 3.47. The molecular weight excluding hydrogens is 270 g/mol. The molecule has 0 aliphatic heterocycles. The highest BCUT2D eigenvalue weighted by Crippen LogP contribution is 2.00. The maximum atomic E-state index is 5.10. The Labute approximate surface area is 106 Å². The molecule has 1 heterocycles. The van der Waals surface area contributed by atoms with E-state index in [1.807, 2.05) is 17.9 Å². The van der Waals surface area contributed by atoms with Crippen molar-refractivity contribution < 1.29 is 4.74 Å². The number of hydrogen-bond acceptors (Lipinski definition) is 3. The fourth-order valence-electron chi connectivity index (χ4n) is 1.56. The minimum atomic E-state index is 0.792. The van der Waals surface area contributed by atoms with Crippen LogP contribution in [0.15, 0.2) is 12.4 Å². The topological polar surface area (TPSA) is 30.3 Å². The van der Waals surface area contributed by atoms with Gasteiger partial charge < -0.3 is 4.74 Å². The average molecular weight is 290 g/mol. The molecule has 1 aromatic rings. The van der Waals surface area contributed by atoms with E-state index in [0.29, 0.717) is 0 Å². The summed E-state index contributed by atoms with van der Waals surface area (Å²) in [7, 11) is 3.69. The van der Waals surface area contributed by atoms with Gasteiger partial charge in [-0.25, -0.2) is 0 Å². The molecule has 0 N–H and O–H groups in total. The van der Waals surface area contributed by atoms with Crippen molar-refractivity contribution in [3.63, 3.8) is 0 Å². The summed E-state index contributed by atoms with van der Waals surface area (Å²) in [5.74, 6) is 0. The maximum Gasteiger partial charge on any atom is 0.0589 e. The lowest BCUT2D eigenvalue weighted by Gasteiger charge is -2.20. The van der Waals surface area contributed by atoms with Gasteiger partial charge in [0, 0.05) is 45.3 Å². The van der Waals surface area contributed by atoms with Gasteiger partial charge in [-0.1, -0.05) is 15.9 Å². The highest BCUT2D eigenvalue weighted by Gasteiger charge is 2.05. The fraction of sp³-hybridized carbons (Fsp3) is 0.727. The first-order chi connectivity index (χ1) is 7.76. The second kappa shape index (κ2) is 7.81. The Hall–Kier alpha value is -0.390. The van der Waals surface area contributed by atoms with Crippen LogP contribution in [-0.4, -0.2) is 53.4 Å². The molecule has 0 saturated heterocycles. The van der Waals surface area contributed by atoms with Gasteiger partial charge in [-0.05, 0) is 12.0 Å². The lowest BCUT2D eigenvalue weighted by Crippen LogP contribution is -2.31. The minimum absolute atomic E-state index is 0.792. The highest BCUT2D eigenvalue weighted by atomic mass is 79.9. The van der Waals surface area contributed by atoms with Gasteiger partial charge in [0.1, 0.15) is 0 Å². The molecule has 16 heavy (non-hydrogen) atoms. The zero-order valence-electron chi connectivity index (χ0n) is 10.0. The number of aryl methyl sites for hydroxylation is 1. The lowest BCUT2D eigenvalue weighted by atomic mass is 10.2. The predicted molar refractivity (Wildman–Crippen MR) is 69.0 cm³/mol. The van der Waals surface area contributed by atoms with Crippen LogP contribution in [0.3, 0.4) is 0 Å². The van der Waals surface area contributed by atoms with E-state index < -0.39 is 0 Å². The highest BCUT2D eigenvalue weighted by molar-refractivity contribution is 9.09.